The summed E-state index contributed by atoms with van der Waals surface area (Å²) in [5, 5.41) is 3.71. The largest absolute Gasteiger partial charge is 0.355 e. The lowest BCUT2D eigenvalue weighted by atomic mass is 9.70. The number of benzene rings is 6. The smallest absolute Gasteiger partial charge is 0.0726 e. The molecule has 8 rings (SSSR count). The third-order valence-corrected chi connectivity index (χ3v) is 9.01. The molecule has 6 aromatic rings. The number of hydrogen-bond donors (Lipinski definition) is 1. The summed E-state index contributed by atoms with van der Waals surface area (Å²) in [6.45, 7) is 0. The Hall–Kier alpha value is -4.40. The minimum Gasteiger partial charge on any atom is -0.355 e. The molecule has 0 heterocycles. The van der Waals surface area contributed by atoms with Crippen LogP contribution in [-0.2, 0) is 5.41 Å². The van der Waals surface area contributed by atoms with Crippen molar-refractivity contribution in [3.05, 3.63) is 166 Å². The van der Waals surface area contributed by atoms with Gasteiger partial charge in [-0.2, -0.15) is 0 Å². The van der Waals surface area contributed by atoms with E-state index in [9.17, 15) is 0 Å². The summed E-state index contributed by atoms with van der Waals surface area (Å²) in [5.74, 6) is 0. The van der Waals surface area contributed by atoms with Crippen LogP contribution in [0.5, 0.6) is 0 Å². The topological polar surface area (TPSA) is 12.0 Å². The molecule has 0 aliphatic heterocycles. The second-order valence-corrected chi connectivity index (χ2v) is 11.2. The van der Waals surface area contributed by atoms with Crippen LogP contribution >= 0.6 is 15.9 Å². The number of rotatable bonds is 3. The van der Waals surface area contributed by atoms with E-state index in [1.54, 1.807) is 0 Å². The van der Waals surface area contributed by atoms with Crippen LogP contribution in [0.3, 0.4) is 0 Å². The lowest BCUT2D eigenvalue weighted by molar-refractivity contribution is 0.794. The molecule has 0 radical (unpaired) electrons. The molecular formula is C37H24BrN. The highest BCUT2D eigenvalue weighted by atomic mass is 79.9. The number of anilines is 2. The Morgan fingerprint density at radius 3 is 1.51 bits per heavy atom. The van der Waals surface area contributed by atoms with E-state index in [4.69, 9.17) is 0 Å². The molecule has 0 fully saturated rings. The Balaban J connectivity index is 1.31. The Kier molecular flexibility index (Phi) is 4.95. The first-order valence-electron chi connectivity index (χ1n) is 13.3. The monoisotopic (exact) mass is 561 g/mol. The van der Waals surface area contributed by atoms with Crippen LogP contribution in [0.15, 0.2) is 144 Å². The van der Waals surface area contributed by atoms with Gasteiger partial charge in [0.2, 0.25) is 0 Å². The van der Waals surface area contributed by atoms with E-state index >= 15 is 0 Å². The maximum atomic E-state index is 3.91. The molecule has 0 bridgehead atoms. The van der Waals surface area contributed by atoms with Gasteiger partial charge in [-0.1, -0.05) is 115 Å². The highest BCUT2D eigenvalue weighted by Gasteiger charge is 2.51. The Bertz CT molecular complexity index is 1840. The van der Waals surface area contributed by atoms with Crippen LogP contribution < -0.4 is 5.32 Å². The molecule has 2 heteroatoms. The van der Waals surface area contributed by atoms with E-state index in [-0.39, 0.29) is 5.41 Å². The molecule has 0 aromatic heterocycles. The molecule has 1 nitrogen and oxygen atoms in total. The fraction of sp³-hybridized carbons (Fsp3) is 0.0270. The van der Waals surface area contributed by atoms with E-state index in [0.717, 1.165) is 15.8 Å². The van der Waals surface area contributed by atoms with E-state index in [2.05, 4.69) is 161 Å². The van der Waals surface area contributed by atoms with Crippen molar-refractivity contribution in [1.29, 1.82) is 0 Å². The summed E-state index contributed by atoms with van der Waals surface area (Å²) in [5.41, 5.74) is 14.9. The second-order valence-electron chi connectivity index (χ2n) is 10.3. The van der Waals surface area contributed by atoms with Crippen molar-refractivity contribution in [3.8, 4) is 33.4 Å². The molecule has 184 valence electrons. The minimum atomic E-state index is -0.340. The molecule has 6 aromatic carbocycles. The molecule has 0 unspecified atom stereocenters. The highest BCUT2D eigenvalue weighted by molar-refractivity contribution is 9.10. The summed E-state index contributed by atoms with van der Waals surface area (Å²) in [6, 6.07) is 50.6. The van der Waals surface area contributed by atoms with Gasteiger partial charge in [0.1, 0.15) is 0 Å². The van der Waals surface area contributed by atoms with Crippen molar-refractivity contribution in [1.82, 2.24) is 0 Å². The first kappa shape index (κ1) is 22.6. The lowest BCUT2D eigenvalue weighted by Gasteiger charge is -2.30. The molecule has 0 saturated carbocycles. The Morgan fingerprint density at radius 2 is 0.923 bits per heavy atom. The van der Waals surface area contributed by atoms with Gasteiger partial charge >= 0.3 is 0 Å². The molecule has 39 heavy (non-hydrogen) atoms. The van der Waals surface area contributed by atoms with Crippen molar-refractivity contribution in [3.63, 3.8) is 0 Å². The molecule has 0 atom stereocenters. The summed E-state index contributed by atoms with van der Waals surface area (Å²) in [6.07, 6.45) is 0. The van der Waals surface area contributed by atoms with Gasteiger partial charge in [0, 0.05) is 10.2 Å². The van der Waals surface area contributed by atoms with Gasteiger partial charge in [0.15, 0.2) is 0 Å². The number of nitrogens with one attached hydrogen (secondary N) is 1. The van der Waals surface area contributed by atoms with Gasteiger partial charge in [-0.05, 0) is 95.8 Å². The first-order valence-corrected chi connectivity index (χ1v) is 14.1. The van der Waals surface area contributed by atoms with E-state index < -0.39 is 0 Å². The molecule has 0 saturated heterocycles. The van der Waals surface area contributed by atoms with Crippen LogP contribution in [0.1, 0.15) is 22.3 Å². The highest BCUT2D eigenvalue weighted by Crippen LogP contribution is 2.63. The first-order chi connectivity index (χ1) is 19.2. The summed E-state index contributed by atoms with van der Waals surface area (Å²) in [4.78, 5) is 0. The van der Waals surface area contributed by atoms with E-state index in [1.165, 1.54) is 55.6 Å². The number of fused-ring (bicyclic) bond motifs is 10. The average Bonchev–Trinajstić information content (AvgIpc) is 3.45. The zero-order valence-corrected chi connectivity index (χ0v) is 22.7. The lowest BCUT2D eigenvalue weighted by Crippen LogP contribution is -2.25. The van der Waals surface area contributed by atoms with Gasteiger partial charge in [-0.15, -0.1) is 0 Å². The number of hydrogen-bond acceptors (Lipinski definition) is 1. The fourth-order valence-electron chi connectivity index (χ4n) is 6.74. The van der Waals surface area contributed by atoms with Crippen LogP contribution in [0, 0.1) is 0 Å². The van der Waals surface area contributed by atoms with Gasteiger partial charge in [0.05, 0.1) is 11.1 Å². The van der Waals surface area contributed by atoms with Gasteiger partial charge in [-0.25, -0.2) is 0 Å². The van der Waals surface area contributed by atoms with Gasteiger partial charge < -0.3 is 5.32 Å². The normalized spacial score (nSPS) is 13.5. The summed E-state index contributed by atoms with van der Waals surface area (Å²) >= 11 is 3.91. The van der Waals surface area contributed by atoms with E-state index in [0.29, 0.717) is 0 Å². The Labute approximate surface area is 236 Å². The zero-order chi connectivity index (χ0) is 26.0. The van der Waals surface area contributed by atoms with E-state index in [1.807, 2.05) is 0 Å². The van der Waals surface area contributed by atoms with Crippen molar-refractivity contribution in [2.75, 3.05) is 5.32 Å². The van der Waals surface area contributed by atoms with Crippen molar-refractivity contribution in [2.24, 2.45) is 0 Å². The minimum absolute atomic E-state index is 0.340. The van der Waals surface area contributed by atoms with Crippen LogP contribution in [0.2, 0.25) is 0 Å². The summed E-state index contributed by atoms with van der Waals surface area (Å²) < 4.78 is 1.06. The molecular weight excluding hydrogens is 538 g/mol. The maximum absolute atomic E-state index is 3.91. The van der Waals surface area contributed by atoms with Crippen molar-refractivity contribution < 1.29 is 0 Å². The molecule has 2 aliphatic rings. The molecule has 1 N–H and O–H groups in total. The van der Waals surface area contributed by atoms with Crippen molar-refractivity contribution >= 4 is 27.3 Å². The number of halogens is 1. The van der Waals surface area contributed by atoms with Crippen molar-refractivity contribution in [2.45, 2.75) is 5.41 Å². The van der Waals surface area contributed by atoms with Crippen LogP contribution in [-0.4, -0.2) is 0 Å². The predicted molar refractivity (Wildman–Crippen MR) is 166 cm³/mol. The molecule has 2 aliphatic carbocycles. The fourth-order valence-corrected chi connectivity index (χ4v) is 7.18. The molecule has 0 amide bonds. The molecule has 1 spiro atoms. The third kappa shape index (κ3) is 3.19. The average molecular weight is 563 g/mol. The van der Waals surface area contributed by atoms with Crippen LogP contribution in [0.4, 0.5) is 11.4 Å². The van der Waals surface area contributed by atoms with Crippen LogP contribution in [0.25, 0.3) is 33.4 Å². The third-order valence-electron chi connectivity index (χ3n) is 8.36. The van der Waals surface area contributed by atoms with Gasteiger partial charge in [-0.3, -0.25) is 0 Å². The maximum Gasteiger partial charge on any atom is 0.0726 e. The van der Waals surface area contributed by atoms with Gasteiger partial charge in [0.25, 0.3) is 0 Å². The Morgan fingerprint density at radius 1 is 0.436 bits per heavy atom. The summed E-state index contributed by atoms with van der Waals surface area (Å²) in [7, 11) is 0. The quantitative estimate of drug-likeness (QED) is 0.226. The standard InChI is InChI=1S/C37H24BrN/c38-35-22-30-29-14-6-9-17-33(29)37(31-15-7-4-12-27(31)28-13-5-8-16-32(28)37)34(30)23-36(35)39-26-20-18-25(19-21-26)24-10-2-1-3-11-24/h1-23,39H. The SMILES string of the molecule is Brc1cc2c(cc1Nc1ccc(-c3ccccc3)cc1)C1(c3ccccc3-c3ccccc31)c1ccccc1-2. The second kappa shape index (κ2) is 8.56. The predicted octanol–water partition coefficient (Wildman–Crippen LogP) is 10.2. The zero-order valence-electron chi connectivity index (χ0n) is 21.2.